The van der Waals surface area contributed by atoms with Gasteiger partial charge in [0.05, 0.1) is 7.11 Å². The third-order valence-electron chi connectivity index (χ3n) is 2.86. The summed E-state index contributed by atoms with van der Waals surface area (Å²) < 4.78 is 24.2. The van der Waals surface area contributed by atoms with Gasteiger partial charge in [-0.25, -0.2) is 4.39 Å². The minimum absolute atomic E-state index is 0.281. The van der Waals surface area contributed by atoms with Gasteiger partial charge in [0.1, 0.15) is 0 Å². The van der Waals surface area contributed by atoms with E-state index in [1.807, 2.05) is 0 Å². The van der Waals surface area contributed by atoms with Gasteiger partial charge in [-0.3, -0.25) is 0 Å². The van der Waals surface area contributed by atoms with Crippen LogP contribution in [-0.2, 0) is 11.3 Å². The van der Waals surface area contributed by atoms with Gasteiger partial charge in [-0.05, 0) is 25.5 Å². The van der Waals surface area contributed by atoms with Crippen LogP contribution in [0.25, 0.3) is 0 Å². The molecule has 0 amide bonds. The monoisotopic (exact) mass is 269 g/mol. The maximum Gasteiger partial charge on any atom is 0.169 e. The highest BCUT2D eigenvalue weighted by molar-refractivity contribution is 5.30. The molecule has 0 heterocycles. The Bertz CT molecular complexity index is 358. The fraction of sp³-hybridized carbons (Fsp3) is 0.600. The SMILES string of the molecule is CCCCOCCCNCc1cccc(OC)c1F. The highest BCUT2D eigenvalue weighted by Crippen LogP contribution is 2.19. The molecule has 0 aliphatic rings. The van der Waals surface area contributed by atoms with Gasteiger partial charge < -0.3 is 14.8 Å². The van der Waals surface area contributed by atoms with Crippen LogP contribution in [0, 0.1) is 5.82 Å². The molecule has 1 N–H and O–H groups in total. The molecule has 0 saturated heterocycles. The van der Waals surface area contributed by atoms with Gasteiger partial charge in [0, 0.05) is 25.3 Å². The molecular formula is C15H24FNO2. The van der Waals surface area contributed by atoms with Crippen molar-refractivity contribution in [2.45, 2.75) is 32.7 Å². The summed E-state index contributed by atoms with van der Waals surface area (Å²) in [6, 6.07) is 5.19. The van der Waals surface area contributed by atoms with Crippen LogP contribution < -0.4 is 10.1 Å². The smallest absolute Gasteiger partial charge is 0.169 e. The van der Waals surface area contributed by atoms with Gasteiger partial charge in [0.25, 0.3) is 0 Å². The molecule has 0 aliphatic heterocycles. The van der Waals surface area contributed by atoms with Crippen LogP contribution in [0.15, 0.2) is 18.2 Å². The minimum atomic E-state index is -0.281. The first-order valence-electron chi connectivity index (χ1n) is 6.89. The summed E-state index contributed by atoms with van der Waals surface area (Å²) in [6.45, 7) is 5.07. The molecule has 0 spiro atoms. The van der Waals surface area contributed by atoms with Gasteiger partial charge in [-0.15, -0.1) is 0 Å². The van der Waals surface area contributed by atoms with Crippen molar-refractivity contribution >= 4 is 0 Å². The molecule has 0 saturated carbocycles. The number of halogens is 1. The Morgan fingerprint density at radius 1 is 1.21 bits per heavy atom. The van der Waals surface area contributed by atoms with Crippen LogP contribution >= 0.6 is 0 Å². The summed E-state index contributed by atoms with van der Waals surface area (Å²) in [7, 11) is 1.48. The van der Waals surface area contributed by atoms with Crippen LogP contribution in [-0.4, -0.2) is 26.9 Å². The summed E-state index contributed by atoms with van der Waals surface area (Å²) in [4.78, 5) is 0. The van der Waals surface area contributed by atoms with E-state index in [0.717, 1.165) is 39.0 Å². The Balaban J connectivity index is 2.16. The lowest BCUT2D eigenvalue weighted by molar-refractivity contribution is 0.128. The molecule has 0 fully saturated rings. The van der Waals surface area contributed by atoms with Gasteiger partial charge >= 0.3 is 0 Å². The van der Waals surface area contributed by atoms with Crippen molar-refractivity contribution in [2.24, 2.45) is 0 Å². The van der Waals surface area contributed by atoms with Gasteiger partial charge in [0.15, 0.2) is 11.6 Å². The molecule has 0 radical (unpaired) electrons. The van der Waals surface area contributed by atoms with E-state index in [4.69, 9.17) is 9.47 Å². The molecule has 19 heavy (non-hydrogen) atoms. The Morgan fingerprint density at radius 2 is 2.00 bits per heavy atom. The van der Waals surface area contributed by atoms with E-state index in [9.17, 15) is 4.39 Å². The second-order valence-electron chi connectivity index (χ2n) is 4.43. The zero-order valence-electron chi connectivity index (χ0n) is 11.9. The van der Waals surface area contributed by atoms with Crippen molar-refractivity contribution in [2.75, 3.05) is 26.9 Å². The molecule has 108 valence electrons. The van der Waals surface area contributed by atoms with E-state index in [-0.39, 0.29) is 5.82 Å². The third kappa shape index (κ3) is 6.03. The van der Waals surface area contributed by atoms with Crippen molar-refractivity contribution in [3.05, 3.63) is 29.6 Å². The molecule has 1 aromatic rings. The van der Waals surface area contributed by atoms with Crippen LogP contribution in [0.3, 0.4) is 0 Å². The van der Waals surface area contributed by atoms with Crippen molar-refractivity contribution in [1.29, 1.82) is 0 Å². The van der Waals surface area contributed by atoms with Gasteiger partial charge in [-0.1, -0.05) is 25.5 Å². The van der Waals surface area contributed by atoms with Crippen LogP contribution in [0.4, 0.5) is 4.39 Å². The number of benzene rings is 1. The third-order valence-corrected chi connectivity index (χ3v) is 2.86. The summed E-state index contributed by atoms with van der Waals surface area (Å²) >= 11 is 0. The molecule has 0 aromatic heterocycles. The zero-order valence-corrected chi connectivity index (χ0v) is 11.9. The van der Waals surface area contributed by atoms with E-state index >= 15 is 0 Å². The first-order valence-corrected chi connectivity index (χ1v) is 6.89. The van der Waals surface area contributed by atoms with E-state index < -0.39 is 0 Å². The normalized spacial score (nSPS) is 10.7. The average Bonchev–Trinajstić information content (AvgIpc) is 2.43. The van der Waals surface area contributed by atoms with E-state index in [1.165, 1.54) is 7.11 Å². The van der Waals surface area contributed by atoms with E-state index in [0.29, 0.717) is 17.9 Å². The highest BCUT2D eigenvalue weighted by Gasteiger charge is 2.07. The molecule has 1 rings (SSSR count). The topological polar surface area (TPSA) is 30.5 Å². The maximum atomic E-state index is 13.8. The van der Waals surface area contributed by atoms with Gasteiger partial charge in [-0.2, -0.15) is 0 Å². The van der Waals surface area contributed by atoms with Crippen molar-refractivity contribution < 1.29 is 13.9 Å². The average molecular weight is 269 g/mol. The molecule has 3 nitrogen and oxygen atoms in total. The fourth-order valence-electron chi connectivity index (χ4n) is 1.72. The number of methoxy groups -OCH3 is 1. The molecule has 0 unspecified atom stereocenters. The number of unbranched alkanes of at least 4 members (excludes halogenated alkanes) is 1. The van der Waals surface area contributed by atoms with Crippen LogP contribution in [0.2, 0.25) is 0 Å². The largest absolute Gasteiger partial charge is 0.494 e. The molecule has 0 bridgehead atoms. The van der Waals surface area contributed by atoms with Crippen LogP contribution in [0.5, 0.6) is 5.75 Å². The lowest BCUT2D eigenvalue weighted by Crippen LogP contribution is -2.17. The molecule has 1 aromatic carbocycles. The van der Waals surface area contributed by atoms with Crippen molar-refractivity contribution in [3.63, 3.8) is 0 Å². The van der Waals surface area contributed by atoms with Crippen molar-refractivity contribution in [3.8, 4) is 5.75 Å². The number of hydrogen-bond acceptors (Lipinski definition) is 3. The summed E-state index contributed by atoms with van der Waals surface area (Å²) in [5.41, 5.74) is 0.631. The first kappa shape index (κ1) is 15.9. The summed E-state index contributed by atoms with van der Waals surface area (Å²) in [5, 5.41) is 3.21. The lowest BCUT2D eigenvalue weighted by atomic mass is 10.2. The number of ether oxygens (including phenoxy) is 2. The van der Waals surface area contributed by atoms with Gasteiger partial charge in [0.2, 0.25) is 0 Å². The Morgan fingerprint density at radius 3 is 2.74 bits per heavy atom. The number of nitrogens with one attached hydrogen (secondary N) is 1. The van der Waals surface area contributed by atoms with Crippen molar-refractivity contribution in [1.82, 2.24) is 5.32 Å². The zero-order chi connectivity index (χ0) is 13.9. The van der Waals surface area contributed by atoms with E-state index in [2.05, 4.69) is 12.2 Å². The molecule has 0 aliphatic carbocycles. The lowest BCUT2D eigenvalue weighted by Gasteiger charge is -2.09. The highest BCUT2D eigenvalue weighted by atomic mass is 19.1. The van der Waals surface area contributed by atoms with E-state index in [1.54, 1.807) is 18.2 Å². The maximum absolute atomic E-state index is 13.8. The number of rotatable bonds is 10. The second-order valence-corrected chi connectivity index (χ2v) is 4.43. The second kappa shape index (κ2) is 9.75. The quantitative estimate of drug-likeness (QED) is 0.662. The predicted octanol–water partition coefficient (Wildman–Crippen LogP) is 3.13. The number of hydrogen-bond donors (Lipinski definition) is 1. The van der Waals surface area contributed by atoms with Crippen LogP contribution in [0.1, 0.15) is 31.7 Å². The summed E-state index contributed by atoms with van der Waals surface area (Å²) in [5.74, 6) is 0.0129. The molecule has 4 heteroatoms. The molecule has 0 atom stereocenters. The predicted molar refractivity (Wildman–Crippen MR) is 75.0 cm³/mol. The standard InChI is InChI=1S/C15H24FNO2/c1-3-4-10-19-11-6-9-17-12-13-7-5-8-14(18-2)15(13)16/h5,7-8,17H,3-4,6,9-12H2,1-2H3. The summed E-state index contributed by atoms with van der Waals surface area (Å²) in [6.07, 6.45) is 3.21. The first-order chi connectivity index (χ1) is 9.29. The Kier molecular flexibility index (Phi) is 8.18. The minimum Gasteiger partial charge on any atom is -0.494 e. The molecular weight excluding hydrogens is 245 g/mol. The Labute approximate surface area is 115 Å². The fourth-order valence-corrected chi connectivity index (χ4v) is 1.72. The Hall–Kier alpha value is -1.13.